The lowest BCUT2D eigenvalue weighted by molar-refractivity contribution is -0.189. The summed E-state index contributed by atoms with van der Waals surface area (Å²) in [5.74, 6) is -15.4. The van der Waals surface area contributed by atoms with E-state index in [9.17, 15) is 110 Å². The molecule has 3 aliphatic heterocycles. The number of aliphatic carboxylic acids is 3. The van der Waals surface area contributed by atoms with Crippen molar-refractivity contribution in [2.45, 2.75) is 90.4 Å². The predicted molar refractivity (Wildman–Crippen MR) is 227 cm³/mol. The first-order chi connectivity index (χ1) is 32.4. The molecule has 3 amide bonds. The number of carboxylic acid groups (broad SMARTS) is 3. The number of aliphatic hydroxyl groups excluding tert-OH is 12. The standard InChI is InChI=1S/C36H62N12O22/c1-43(7-19(55)46-4-16(52)25(61)22(58)13(46)10-49)32(37)40-28(29(64)65)35(70,30(66)67)36(31(68)69,41-33(38)44(2)8-20(56)47-5-17(53)26(62)23(59)14(47)11-50)42-34(39)45(3)9-21(57)48-6-18(54)27(63)24(60)15(48)12-51/h13-18,22-28,49-54,58-63,70H,4-12H2,1-3H3,(H2,37,40)(H2,38,41)(H2,39,42)(H,64,65)(H,66,67)(H,68,69)/t13?,14?,15?,16-,17-,18-,22-,23-,24-,25+,26+,27+,28?,35?,36?/m0/s1. The maximum Gasteiger partial charge on any atom is 0.354 e. The van der Waals surface area contributed by atoms with Crippen molar-refractivity contribution in [2.24, 2.45) is 0 Å². The van der Waals surface area contributed by atoms with Gasteiger partial charge in [0.15, 0.2) is 23.9 Å². The highest BCUT2D eigenvalue weighted by Crippen LogP contribution is 2.29. The Kier molecular flexibility index (Phi) is 19.5. The second-order valence-electron chi connectivity index (χ2n) is 16.9. The van der Waals surface area contributed by atoms with Crippen LogP contribution in [0.4, 0.5) is 0 Å². The summed E-state index contributed by atoms with van der Waals surface area (Å²) in [6.45, 7) is -8.21. The first-order valence-corrected chi connectivity index (χ1v) is 20.9. The number of carboxylic acids is 3. The predicted octanol–water partition coefficient (Wildman–Crippen LogP) is -13.7. The quantitative estimate of drug-likeness (QED) is 0.0365. The number of guanidine groups is 3. The van der Waals surface area contributed by atoms with Crippen molar-refractivity contribution >= 4 is 53.5 Å². The number of aliphatic hydroxyl groups is 13. The molecule has 34 heteroatoms. The SMILES string of the molecule is CN(CC(=O)N1C[C@H](O)[C@@H](O)[C@@H](O)C1CO)C(=N)NC(C(=O)O)C(O)(C(=O)O)C(NC(=N)N(C)CC(=O)N1C[C@H](O)[C@@H](O)[C@@H](O)C1CO)(NC(=N)N(C)CC(=O)N1C[C@H](O)[C@@H](O)[C@@H](O)C1CO)C(=O)O. The zero-order chi connectivity index (χ0) is 53.7. The van der Waals surface area contributed by atoms with E-state index >= 15 is 0 Å². The van der Waals surface area contributed by atoms with Crippen LogP contribution in [0.3, 0.4) is 0 Å². The third-order valence-electron chi connectivity index (χ3n) is 12.3. The molecule has 3 fully saturated rings. The molecule has 70 heavy (non-hydrogen) atoms. The van der Waals surface area contributed by atoms with E-state index in [1.165, 1.54) is 0 Å². The van der Waals surface area contributed by atoms with Crippen molar-refractivity contribution in [3.8, 4) is 0 Å². The van der Waals surface area contributed by atoms with Crippen LogP contribution >= 0.6 is 0 Å². The van der Waals surface area contributed by atoms with Crippen LogP contribution in [0, 0.1) is 16.2 Å². The molecule has 3 rings (SSSR count). The number of piperidine rings is 3. The average molecular weight is 1010 g/mol. The van der Waals surface area contributed by atoms with Crippen molar-refractivity contribution < 1.29 is 110 Å². The van der Waals surface area contributed by atoms with Crippen molar-refractivity contribution in [1.29, 1.82) is 16.2 Å². The fourth-order valence-electron chi connectivity index (χ4n) is 7.98. The number of nitrogens with zero attached hydrogens (tertiary/aromatic N) is 6. The Morgan fingerprint density at radius 3 is 1.06 bits per heavy atom. The normalized spacial score (nSPS) is 30.1. The Morgan fingerprint density at radius 1 is 0.529 bits per heavy atom. The number of carbonyl (C=O) groups excluding carboxylic acids is 3. The topological polar surface area (TPSA) is 553 Å². The maximum atomic E-state index is 13.6. The molecule has 3 aliphatic rings. The Labute approximate surface area is 395 Å². The second-order valence-corrected chi connectivity index (χ2v) is 16.9. The van der Waals surface area contributed by atoms with Gasteiger partial charge in [0.1, 0.15) is 54.9 Å². The van der Waals surface area contributed by atoms with Gasteiger partial charge in [-0.3, -0.25) is 30.6 Å². The molecular formula is C36H62N12O22. The number of likely N-dealkylation sites (N-methyl/N-ethyl adjacent to an activating group) is 3. The number of β-amino-alcohol motifs (C(OH)–C–C–N with tert-alkyl or cyclic N) is 3. The van der Waals surface area contributed by atoms with E-state index in [1.807, 2.05) is 0 Å². The number of carbonyl (C=O) groups is 6. The zero-order valence-corrected chi connectivity index (χ0v) is 37.7. The van der Waals surface area contributed by atoms with Gasteiger partial charge in [-0.1, -0.05) is 0 Å². The molecule has 0 radical (unpaired) electrons. The van der Waals surface area contributed by atoms with Crippen LogP contribution in [0.1, 0.15) is 0 Å². The summed E-state index contributed by atoms with van der Waals surface area (Å²) >= 11 is 0. The molecule has 34 nitrogen and oxygen atoms in total. The van der Waals surface area contributed by atoms with Gasteiger partial charge in [-0.15, -0.1) is 0 Å². The largest absolute Gasteiger partial charge is 0.480 e. The first kappa shape index (κ1) is 58.4. The van der Waals surface area contributed by atoms with Gasteiger partial charge in [0.2, 0.25) is 23.3 Å². The van der Waals surface area contributed by atoms with Crippen LogP contribution in [0.2, 0.25) is 0 Å². The molecule has 0 aromatic rings. The molecule has 0 aromatic heterocycles. The minimum atomic E-state index is -4.56. The summed E-state index contributed by atoms with van der Waals surface area (Å²) in [5, 5.41) is 197. The van der Waals surface area contributed by atoms with Crippen LogP contribution in [-0.2, 0) is 28.8 Å². The molecular weight excluding hydrogens is 952 g/mol. The van der Waals surface area contributed by atoms with Gasteiger partial charge in [-0.25, -0.2) is 14.4 Å². The van der Waals surface area contributed by atoms with Crippen LogP contribution < -0.4 is 16.0 Å². The highest BCUT2D eigenvalue weighted by Gasteiger charge is 2.70. The Balaban J connectivity index is 2.11. The van der Waals surface area contributed by atoms with Crippen molar-refractivity contribution in [1.82, 2.24) is 45.3 Å². The van der Waals surface area contributed by atoms with E-state index in [-0.39, 0.29) is 0 Å². The maximum absolute atomic E-state index is 13.6. The molecule has 14 atom stereocenters. The Morgan fingerprint density at radius 2 is 0.814 bits per heavy atom. The summed E-state index contributed by atoms with van der Waals surface area (Å²) in [6.07, 6.45) is -16.4. The van der Waals surface area contributed by atoms with Crippen LogP contribution in [0.15, 0.2) is 0 Å². The van der Waals surface area contributed by atoms with Crippen molar-refractivity contribution in [3.05, 3.63) is 0 Å². The van der Waals surface area contributed by atoms with Gasteiger partial charge in [0, 0.05) is 40.8 Å². The van der Waals surface area contributed by atoms with Crippen LogP contribution in [-0.4, -0.2) is 335 Å². The lowest BCUT2D eigenvalue weighted by Crippen LogP contribution is -2.86. The van der Waals surface area contributed by atoms with Gasteiger partial charge in [-0.2, -0.15) is 0 Å². The monoisotopic (exact) mass is 1010 g/mol. The van der Waals surface area contributed by atoms with Gasteiger partial charge >= 0.3 is 17.9 Å². The van der Waals surface area contributed by atoms with E-state index in [4.69, 9.17) is 16.2 Å². The zero-order valence-electron chi connectivity index (χ0n) is 37.7. The summed E-state index contributed by atoms with van der Waals surface area (Å²) in [7, 11) is 2.63. The minimum absolute atomic E-state index is 0.493. The number of hydrogen-bond acceptors (Lipinski definition) is 22. The molecule has 0 spiro atoms. The van der Waals surface area contributed by atoms with E-state index < -0.39 is 203 Å². The molecule has 0 saturated carbocycles. The third-order valence-corrected chi connectivity index (χ3v) is 12.3. The van der Waals surface area contributed by atoms with E-state index in [0.717, 1.165) is 21.1 Å². The molecule has 5 unspecified atom stereocenters. The lowest BCUT2D eigenvalue weighted by Gasteiger charge is -2.47. The molecule has 3 heterocycles. The second kappa shape index (κ2) is 23.3. The van der Waals surface area contributed by atoms with Gasteiger partial charge in [0.25, 0.3) is 5.66 Å². The summed E-state index contributed by atoms with van der Waals surface area (Å²) in [4.78, 5) is 83.9. The fraction of sp³-hybridized carbons (Fsp3) is 0.750. The van der Waals surface area contributed by atoms with E-state index in [0.29, 0.717) is 29.4 Å². The number of nitrogens with one attached hydrogen (secondary N) is 6. The van der Waals surface area contributed by atoms with Gasteiger partial charge in [0.05, 0.1) is 57.6 Å². The summed E-state index contributed by atoms with van der Waals surface area (Å²) < 4.78 is 0. The van der Waals surface area contributed by atoms with Crippen molar-refractivity contribution in [2.75, 3.05) is 80.2 Å². The highest BCUT2D eigenvalue weighted by molar-refractivity contribution is 6.03. The third kappa shape index (κ3) is 11.6. The number of likely N-dealkylation sites (tertiary alicyclic amines) is 3. The van der Waals surface area contributed by atoms with E-state index in [2.05, 4.69) is 0 Å². The number of hydrogen-bond donors (Lipinski definition) is 22. The molecule has 3 saturated heterocycles. The average Bonchev–Trinajstić information content (AvgIpc) is 3.29. The Hall–Kier alpha value is -5.89. The smallest absolute Gasteiger partial charge is 0.354 e. The van der Waals surface area contributed by atoms with Crippen molar-refractivity contribution in [3.63, 3.8) is 0 Å². The Bertz CT molecular complexity index is 1900. The number of rotatable bonds is 17. The summed E-state index contributed by atoms with van der Waals surface area (Å²) in [5.41, 5.74) is -8.76. The highest BCUT2D eigenvalue weighted by atomic mass is 16.4. The minimum Gasteiger partial charge on any atom is -0.480 e. The molecule has 398 valence electrons. The lowest BCUT2D eigenvalue weighted by atomic mass is 9.79. The van der Waals surface area contributed by atoms with E-state index in [1.54, 1.807) is 16.0 Å². The molecule has 0 aromatic carbocycles. The molecule has 0 aliphatic carbocycles. The fourth-order valence-corrected chi connectivity index (χ4v) is 7.98. The molecule has 22 N–H and O–H groups in total. The molecule has 0 bridgehead atoms. The van der Waals surface area contributed by atoms with Crippen LogP contribution in [0.25, 0.3) is 0 Å². The number of amides is 3. The first-order valence-electron chi connectivity index (χ1n) is 20.9. The van der Waals surface area contributed by atoms with Gasteiger partial charge < -0.3 is 127 Å². The van der Waals surface area contributed by atoms with Crippen LogP contribution in [0.5, 0.6) is 0 Å². The van der Waals surface area contributed by atoms with Gasteiger partial charge in [-0.05, 0) is 0 Å². The summed E-state index contributed by atoms with van der Waals surface area (Å²) in [6, 6.07) is -7.96.